The van der Waals surface area contributed by atoms with E-state index in [1.165, 1.54) is 0 Å². The van der Waals surface area contributed by atoms with Crippen LogP contribution < -0.4 is 0 Å². The molecule has 0 aliphatic heterocycles. The van der Waals surface area contributed by atoms with Crippen LogP contribution in [0.5, 0.6) is 0 Å². The summed E-state index contributed by atoms with van der Waals surface area (Å²) in [6.45, 7) is 2.00. The highest BCUT2D eigenvalue weighted by atomic mass is 16.1. The summed E-state index contributed by atoms with van der Waals surface area (Å²) in [5.74, 6) is 0.174. The first-order valence-electron chi connectivity index (χ1n) is 5.35. The zero-order chi connectivity index (χ0) is 11.6. The van der Waals surface area contributed by atoms with E-state index in [0.717, 1.165) is 6.42 Å². The maximum atomic E-state index is 11.1. The molecule has 0 spiro atoms. The number of carbonyl (C=O) groups excluding carboxylic acids is 1. The number of carbonyl (C=O) groups is 1. The largest absolute Gasteiger partial charge is 0.295 e. The Morgan fingerprint density at radius 1 is 1.06 bits per heavy atom. The molecule has 3 nitrogen and oxygen atoms in total. The number of aromatic nitrogens is 2. The number of hydrogen-bond acceptors (Lipinski definition) is 2. The normalized spacial score (nSPS) is 9.06. The average molecular weight is 216 g/mol. The van der Waals surface area contributed by atoms with Crippen LogP contribution in [0.25, 0.3) is 0 Å². The van der Waals surface area contributed by atoms with Crippen molar-refractivity contribution in [2.75, 3.05) is 0 Å². The van der Waals surface area contributed by atoms with Crippen molar-refractivity contribution < 1.29 is 4.79 Å². The van der Waals surface area contributed by atoms with Crippen molar-refractivity contribution in [1.82, 2.24) is 9.55 Å². The van der Waals surface area contributed by atoms with Crippen LogP contribution in [0.3, 0.4) is 0 Å². The molecule has 0 N–H and O–H groups in total. The lowest BCUT2D eigenvalue weighted by Crippen LogP contribution is -2.06. The maximum Gasteiger partial charge on any atom is 0.230 e. The van der Waals surface area contributed by atoms with Gasteiger partial charge in [0.15, 0.2) is 0 Å². The van der Waals surface area contributed by atoms with Gasteiger partial charge in [0.05, 0.1) is 0 Å². The topological polar surface area (TPSA) is 34.9 Å². The van der Waals surface area contributed by atoms with Crippen LogP contribution >= 0.6 is 0 Å². The quantitative estimate of drug-likeness (QED) is 0.773. The van der Waals surface area contributed by atoms with Gasteiger partial charge in [-0.3, -0.25) is 14.3 Å². The lowest BCUT2D eigenvalue weighted by molar-refractivity contribution is 0.0902. The Labute approximate surface area is 95.8 Å². The Morgan fingerprint density at radius 2 is 1.69 bits per heavy atom. The molecule has 2 aromatic rings. The van der Waals surface area contributed by atoms with E-state index in [-0.39, 0.29) is 5.91 Å². The minimum absolute atomic E-state index is 0.174. The van der Waals surface area contributed by atoms with Crippen molar-refractivity contribution in [1.29, 1.82) is 0 Å². The van der Waals surface area contributed by atoms with E-state index in [4.69, 9.17) is 0 Å². The molecule has 0 amide bonds. The van der Waals surface area contributed by atoms with Crippen LogP contribution in [0.1, 0.15) is 24.6 Å². The summed E-state index contributed by atoms with van der Waals surface area (Å²) in [6.07, 6.45) is 8.60. The van der Waals surface area contributed by atoms with E-state index in [9.17, 15) is 4.79 Å². The van der Waals surface area contributed by atoms with Crippen molar-refractivity contribution >= 4 is 5.91 Å². The van der Waals surface area contributed by atoms with Gasteiger partial charge in [-0.2, -0.15) is 0 Å². The predicted molar refractivity (Wildman–Crippen MR) is 64.2 cm³/mol. The second kappa shape index (κ2) is 7.40. The summed E-state index contributed by atoms with van der Waals surface area (Å²) in [7, 11) is 0. The van der Waals surface area contributed by atoms with E-state index in [1.807, 2.05) is 37.3 Å². The first-order valence-corrected chi connectivity index (χ1v) is 5.35. The molecule has 2 aromatic heterocycles. The van der Waals surface area contributed by atoms with Crippen molar-refractivity contribution in [3.8, 4) is 0 Å². The van der Waals surface area contributed by atoms with Crippen molar-refractivity contribution in [3.05, 3.63) is 55.1 Å². The highest BCUT2D eigenvalue weighted by Gasteiger charge is 1.98. The monoisotopic (exact) mass is 216 g/mol. The molecule has 2 heterocycles. The summed E-state index contributed by atoms with van der Waals surface area (Å²) in [4.78, 5) is 14.9. The Bertz CT molecular complexity index is 355. The fourth-order valence-corrected chi connectivity index (χ4v) is 1.16. The molecule has 3 heteroatoms. The highest BCUT2D eigenvalue weighted by molar-refractivity contribution is 5.78. The molecule has 0 aliphatic carbocycles. The zero-order valence-electron chi connectivity index (χ0n) is 9.41. The molecular weight excluding hydrogens is 200 g/mol. The van der Waals surface area contributed by atoms with E-state index >= 15 is 0 Å². The molecule has 0 radical (unpaired) electrons. The Morgan fingerprint density at radius 3 is 2.06 bits per heavy atom. The third kappa shape index (κ3) is 4.55. The van der Waals surface area contributed by atoms with Gasteiger partial charge in [-0.1, -0.05) is 13.0 Å². The molecule has 0 saturated carbocycles. The van der Waals surface area contributed by atoms with Gasteiger partial charge in [-0.25, -0.2) is 0 Å². The van der Waals surface area contributed by atoms with Crippen LogP contribution in [0.15, 0.2) is 55.1 Å². The lowest BCUT2D eigenvalue weighted by Gasteiger charge is -1.96. The molecule has 0 atom stereocenters. The average Bonchev–Trinajstić information content (AvgIpc) is 2.86. The summed E-state index contributed by atoms with van der Waals surface area (Å²) < 4.78 is 1.61. The van der Waals surface area contributed by atoms with E-state index in [0.29, 0.717) is 6.42 Å². The summed E-state index contributed by atoms with van der Waals surface area (Å²) in [6, 6.07) is 9.42. The molecule has 0 bridgehead atoms. The van der Waals surface area contributed by atoms with Gasteiger partial charge in [-0.15, -0.1) is 0 Å². The molecule has 16 heavy (non-hydrogen) atoms. The smallest absolute Gasteiger partial charge is 0.230 e. The molecule has 84 valence electrons. The molecule has 2 rings (SSSR count). The Hall–Kier alpha value is -1.90. The minimum atomic E-state index is 0.174. The van der Waals surface area contributed by atoms with Gasteiger partial charge >= 0.3 is 0 Å². The fraction of sp³-hybridized carbons (Fsp3) is 0.231. The molecule has 0 saturated heterocycles. The molecule has 0 unspecified atom stereocenters. The second-order valence-corrected chi connectivity index (χ2v) is 3.26. The summed E-state index contributed by atoms with van der Waals surface area (Å²) in [5.41, 5.74) is 0. The molecule has 0 aliphatic rings. The SMILES string of the molecule is CCCC(=O)n1cccc1.c1ccncc1. The Kier molecular flexibility index (Phi) is 5.63. The zero-order valence-corrected chi connectivity index (χ0v) is 9.41. The van der Waals surface area contributed by atoms with E-state index < -0.39 is 0 Å². The van der Waals surface area contributed by atoms with Gasteiger partial charge in [0.25, 0.3) is 0 Å². The first-order chi connectivity index (χ1) is 7.84. The molecule has 0 aromatic carbocycles. The number of hydrogen-bond donors (Lipinski definition) is 0. The van der Waals surface area contributed by atoms with Crippen LogP contribution in [0.2, 0.25) is 0 Å². The first kappa shape index (κ1) is 12.2. The number of nitrogens with zero attached hydrogens (tertiary/aromatic N) is 2. The lowest BCUT2D eigenvalue weighted by atomic mass is 10.3. The minimum Gasteiger partial charge on any atom is -0.295 e. The van der Waals surface area contributed by atoms with Crippen molar-refractivity contribution in [2.24, 2.45) is 0 Å². The van der Waals surface area contributed by atoms with Crippen molar-refractivity contribution in [3.63, 3.8) is 0 Å². The standard InChI is InChI=1S/C8H11NO.C5H5N/c1-2-5-8(10)9-6-3-4-7-9;1-2-4-6-5-3-1/h3-4,6-7H,2,5H2,1H3;1-5H. The fourth-order valence-electron chi connectivity index (χ4n) is 1.16. The van der Waals surface area contributed by atoms with E-state index in [2.05, 4.69) is 4.98 Å². The summed E-state index contributed by atoms with van der Waals surface area (Å²) >= 11 is 0. The van der Waals surface area contributed by atoms with Gasteiger partial charge in [0.1, 0.15) is 0 Å². The van der Waals surface area contributed by atoms with Crippen LogP contribution in [0, 0.1) is 0 Å². The van der Waals surface area contributed by atoms with Crippen LogP contribution in [0.4, 0.5) is 0 Å². The van der Waals surface area contributed by atoms with Gasteiger partial charge in [-0.05, 0) is 30.7 Å². The van der Waals surface area contributed by atoms with Crippen molar-refractivity contribution in [2.45, 2.75) is 19.8 Å². The Balaban J connectivity index is 0.000000181. The third-order valence-corrected chi connectivity index (χ3v) is 1.92. The number of rotatable bonds is 2. The van der Waals surface area contributed by atoms with E-state index in [1.54, 1.807) is 29.4 Å². The number of pyridine rings is 1. The molecule has 0 fully saturated rings. The predicted octanol–water partition coefficient (Wildman–Crippen LogP) is 3.01. The van der Waals surface area contributed by atoms with Crippen LogP contribution in [-0.4, -0.2) is 15.5 Å². The van der Waals surface area contributed by atoms with Gasteiger partial charge in [0, 0.05) is 31.2 Å². The second-order valence-electron chi connectivity index (χ2n) is 3.26. The maximum absolute atomic E-state index is 11.1. The molecular formula is C13H16N2O. The van der Waals surface area contributed by atoms with Gasteiger partial charge < -0.3 is 0 Å². The third-order valence-electron chi connectivity index (χ3n) is 1.92. The highest BCUT2D eigenvalue weighted by Crippen LogP contribution is 1.95. The van der Waals surface area contributed by atoms with Crippen LogP contribution in [-0.2, 0) is 0 Å². The van der Waals surface area contributed by atoms with Gasteiger partial charge in [0.2, 0.25) is 5.91 Å². The summed E-state index contributed by atoms with van der Waals surface area (Å²) in [5, 5.41) is 0.